The number of anilines is 1. The fourth-order valence-electron chi connectivity index (χ4n) is 2.08. The summed E-state index contributed by atoms with van der Waals surface area (Å²) in [5.41, 5.74) is 1.59. The molecule has 1 unspecified atom stereocenters. The van der Waals surface area contributed by atoms with Gasteiger partial charge in [0.15, 0.2) is 0 Å². The van der Waals surface area contributed by atoms with Crippen LogP contribution >= 0.6 is 0 Å². The van der Waals surface area contributed by atoms with Crippen LogP contribution in [-0.2, 0) is 4.74 Å². The summed E-state index contributed by atoms with van der Waals surface area (Å²) in [6.45, 7) is 1.81. The Morgan fingerprint density at radius 1 is 1.37 bits per heavy atom. The molecule has 19 heavy (non-hydrogen) atoms. The number of aliphatic hydroxyl groups is 1. The number of benzene rings is 1. The Morgan fingerprint density at radius 3 is 2.79 bits per heavy atom. The third kappa shape index (κ3) is 4.22. The van der Waals surface area contributed by atoms with Crippen LogP contribution in [0.4, 0.5) is 5.69 Å². The maximum atomic E-state index is 11.6. The van der Waals surface area contributed by atoms with Crippen LogP contribution in [0.3, 0.4) is 0 Å². The maximum absolute atomic E-state index is 11.6. The van der Waals surface area contributed by atoms with Crippen molar-refractivity contribution in [2.24, 2.45) is 0 Å². The van der Waals surface area contributed by atoms with E-state index in [2.05, 4.69) is 10.6 Å². The van der Waals surface area contributed by atoms with Gasteiger partial charge in [-0.2, -0.15) is 0 Å². The fourth-order valence-corrected chi connectivity index (χ4v) is 2.08. The van der Waals surface area contributed by atoms with Crippen LogP contribution in [0.5, 0.6) is 0 Å². The Kier molecular flexibility index (Phi) is 5.18. The largest absolute Gasteiger partial charge is 0.395 e. The van der Waals surface area contributed by atoms with Crippen LogP contribution in [0.1, 0.15) is 23.2 Å². The molecule has 0 spiro atoms. The molecule has 0 aliphatic carbocycles. The van der Waals surface area contributed by atoms with E-state index in [0.29, 0.717) is 11.6 Å². The van der Waals surface area contributed by atoms with Crippen molar-refractivity contribution < 1.29 is 14.6 Å². The number of rotatable bonds is 5. The molecular formula is C14H20N2O3. The van der Waals surface area contributed by atoms with E-state index < -0.39 is 0 Å². The maximum Gasteiger partial charge on any atom is 0.251 e. The smallest absolute Gasteiger partial charge is 0.251 e. The number of nitrogens with one attached hydrogen (secondary N) is 2. The fraction of sp³-hybridized carbons (Fsp3) is 0.500. The predicted octanol–water partition coefficient (Wildman–Crippen LogP) is 1.000. The number of amides is 1. The van der Waals surface area contributed by atoms with Crippen molar-refractivity contribution in [3.05, 3.63) is 29.8 Å². The quantitative estimate of drug-likeness (QED) is 0.742. The highest BCUT2D eigenvalue weighted by Crippen LogP contribution is 2.15. The van der Waals surface area contributed by atoms with Crippen LogP contribution in [0.15, 0.2) is 24.3 Å². The van der Waals surface area contributed by atoms with Crippen molar-refractivity contribution in [1.29, 1.82) is 0 Å². The summed E-state index contributed by atoms with van der Waals surface area (Å²) in [4.78, 5) is 11.6. The van der Waals surface area contributed by atoms with E-state index in [4.69, 9.17) is 9.84 Å². The van der Waals surface area contributed by atoms with Gasteiger partial charge < -0.3 is 20.5 Å². The third-order valence-electron chi connectivity index (χ3n) is 3.08. The first-order valence-corrected chi connectivity index (χ1v) is 6.63. The zero-order chi connectivity index (χ0) is 13.5. The van der Waals surface area contributed by atoms with Crippen molar-refractivity contribution in [3.8, 4) is 0 Å². The lowest BCUT2D eigenvalue weighted by Crippen LogP contribution is -2.30. The van der Waals surface area contributed by atoms with Gasteiger partial charge in [0.1, 0.15) is 0 Å². The van der Waals surface area contributed by atoms with Crippen LogP contribution in [-0.4, -0.2) is 43.4 Å². The molecular weight excluding hydrogens is 244 g/mol. The molecule has 1 aromatic rings. The highest BCUT2D eigenvalue weighted by molar-refractivity contribution is 5.94. The second-order valence-corrected chi connectivity index (χ2v) is 4.62. The lowest BCUT2D eigenvalue weighted by atomic mass is 10.1. The van der Waals surface area contributed by atoms with Crippen molar-refractivity contribution >= 4 is 11.6 Å². The summed E-state index contributed by atoms with van der Waals surface area (Å²) in [6, 6.07) is 7.69. The first-order valence-electron chi connectivity index (χ1n) is 6.63. The zero-order valence-corrected chi connectivity index (χ0v) is 10.9. The van der Waals surface area contributed by atoms with Gasteiger partial charge in [0.05, 0.1) is 13.2 Å². The predicted molar refractivity (Wildman–Crippen MR) is 73.3 cm³/mol. The van der Waals surface area contributed by atoms with Gasteiger partial charge in [-0.3, -0.25) is 4.79 Å². The molecule has 0 radical (unpaired) electrons. The average molecular weight is 264 g/mol. The van der Waals surface area contributed by atoms with Gasteiger partial charge in [0, 0.05) is 30.4 Å². The van der Waals surface area contributed by atoms with Gasteiger partial charge in [-0.1, -0.05) is 0 Å². The van der Waals surface area contributed by atoms with Crippen molar-refractivity contribution in [2.75, 3.05) is 31.7 Å². The first kappa shape index (κ1) is 13.8. The van der Waals surface area contributed by atoms with E-state index >= 15 is 0 Å². The summed E-state index contributed by atoms with van der Waals surface area (Å²) in [5.74, 6) is -0.165. The highest BCUT2D eigenvalue weighted by Gasteiger charge is 2.13. The molecule has 1 fully saturated rings. The Labute approximate surface area is 113 Å². The molecule has 5 nitrogen and oxygen atoms in total. The van der Waals surface area contributed by atoms with Gasteiger partial charge in [-0.15, -0.1) is 0 Å². The molecule has 1 amide bonds. The van der Waals surface area contributed by atoms with Crippen LogP contribution in [0.2, 0.25) is 0 Å². The Bertz CT molecular complexity index is 400. The van der Waals surface area contributed by atoms with E-state index in [0.717, 1.165) is 31.7 Å². The Balaban J connectivity index is 1.88. The Hall–Kier alpha value is -1.59. The molecule has 1 aliphatic rings. The number of ether oxygens (including phenoxy) is 1. The second-order valence-electron chi connectivity index (χ2n) is 4.62. The molecule has 3 N–H and O–H groups in total. The van der Waals surface area contributed by atoms with E-state index in [1.165, 1.54) is 0 Å². The van der Waals surface area contributed by atoms with E-state index in [-0.39, 0.29) is 19.1 Å². The molecule has 0 bridgehead atoms. The molecule has 1 heterocycles. The second kappa shape index (κ2) is 7.11. The van der Waals surface area contributed by atoms with Crippen LogP contribution in [0.25, 0.3) is 0 Å². The minimum atomic E-state index is -0.165. The lowest BCUT2D eigenvalue weighted by molar-refractivity contribution is 0.0876. The van der Waals surface area contributed by atoms with Crippen LogP contribution in [0, 0.1) is 0 Å². The topological polar surface area (TPSA) is 70.6 Å². The Morgan fingerprint density at radius 2 is 2.16 bits per heavy atom. The minimum absolute atomic E-state index is 0.0486. The first-order chi connectivity index (χ1) is 9.29. The molecule has 0 aromatic heterocycles. The normalized spacial score (nSPS) is 18.9. The molecule has 1 saturated heterocycles. The number of carbonyl (C=O) groups excluding carboxylic acids is 1. The average Bonchev–Trinajstić information content (AvgIpc) is 2.46. The highest BCUT2D eigenvalue weighted by atomic mass is 16.5. The number of carbonyl (C=O) groups is 1. The number of hydrogen-bond donors (Lipinski definition) is 3. The van der Waals surface area contributed by atoms with E-state index in [9.17, 15) is 4.79 Å². The van der Waals surface area contributed by atoms with E-state index in [1.807, 2.05) is 12.1 Å². The van der Waals surface area contributed by atoms with Gasteiger partial charge in [0.2, 0.25) is 0 Å². The standard InChI is InChI=1S/C14H20N2O3/c17-8-7-15-14(18)11-3-5-12(6-4-11)16-13-2-1-9-19-10-13/h3-6,13,16-17H,1-2,7-10H2,(H,15,18). The van der Waals surface area contributed by atoms with Gasteiger partial charge in [-0.05, 0) is 37.1 Å². The van der Waals surface area contributed by atoms with Gasteiger partial charge >= 0.3 is 0 Å². The summed E-state index contributed by atoms with van der Waals surface area (Å²) < 4.78 is 5.41. The van der Waals surface area contributed by atoms with Crippen molar-refractivity contribution in [3.63, 3.8) is 0 Å². The summed E-state index contributed by atoms with van der Waals surface area (Å²) in [7, 11) is 0. The molecule has 0 saturated carbocycles. The van der Waals surface area contributed by atoms with E-state index in [1.54, 1.807) is 12.1 Å². The van der Waals surface area contributed by atoms with Gasteiger partial charge in [-0.25, -0.2) is 0 Å². The minimum Gasteiger partial charge on any atom is -0.395 e. The summed E-state index contributed by atoms with van der Waals surface area (Å²) >= 11 is 0. The molecule has 104 valence electrons. The zero-order valence-electron chi connectivity index (χ0n) is 10.9. The SMILES string of the molecule is O=C(NCCO)c1ccc(NC2CCCOC2)cc1. The molecule has 1 aliphatic heterocycles. The summed E-state index contributed by atoms with van der Waals surface area (Å²) in [6.07, 6.45) is 2.19. The van der Waals surface area contributed by atoms with Crippen LogP contribution < -0.4 is 10.6 Å². The monoisotopic (exact) mass is 264 g/mol. The number of aliphatic hydroxyl groups excluding tert-OH is 1. The van der Waals surface area contributed by atoms with Crippen molar-refractivity contribution in [1.82, 2.24) is 5.32 Å². The molecule has 1 atom stereocenters. The van der Waals surface area contributed by atoms with Crippen molar-refractivity contribution in [2.45, 2.75) is 18.9 Å². The summed E-state index contributed by atoms with van der Waals surface area (Å²) in [5, 5.41) is 14.7. The molecule has 5 heteroatoms. The molecule has 2 rings (SSSR count). The molecule has 1 aromatic carbocycles. The van der Waals surface area contributed by atoms with Gasteiger partial charge in [0.25, 0.3) is 5.91 Å². The number of hydrogen-bond acceptors (Lipinski definition) is 4. The third-order valence-corrected chi connectivity index (χ3v) is 3.08. The lowest BCUT2D eigenvalue weighted by Gasteiger charge is -2.24.